The Hall–Kier alpha value is -0.970. The number of rotatable bonds is 4. The Morgan fingerprint density at radius 2 is 2.21 bits per heavy atom. The van der Waals surface area contributed by atoms with Crippen LogP contribution >= 0.6 is 11.6 Å². The van der Waals surface area contributed by atoms with Crippen molar-refractivity contribution in [3.05, 3.63) is 22.2 Å². The van der Waals surface area contributed by atoms with Gasteiger partial charge in [0.05, 0.1) is 32.0 Å². The van der Waals surface area contributed by atoms with Crippen LogP contribution in [0.25, 0.3) is 0 Å². The molecule has 1 atom stereocenters. The van der Waals surface area contributed by atoms with E-state index in [-0.39, 0.29) is 6.10 Å². The molecule has 4 nitrogen and oxygen atoms in total. The lowest BCUT2D eigenvalue weighted by molar-refractivity contribution is 0.0270. The molecular formula is C14H20ClNO3. The van der Waals surface area contributed by atoms with E-state index in [1.807, 2.05) is 6.07 Å². The minimum atomic E-state index is 0.0148. The Kier molecular flexibility index (Phi) is 4.91. The summed E-state index contributed by atoms with van der Waals surface area (Å²) in [5.74, 6) is 1.24. The topological polar surface area (TPSA) is 39.7 Å². The van der Waals surface area contributed by atoms with E-state index in [4.69, 9.17) is 25.8 Å². The van der Waals surface area contributed by atoms with Gasteiger partial charge in [-0.1, -0.05) is 18.5 Å². The van der Waals surface area contributed by atoms with Gasteiger partial charge in [0.1, 0.15) is 0 Å². The van der Waals surface area contributed by atoms with E-state index < -0.39 is 0 Å². The van der Waals surface area contributed by atoms with E-state index in [0.717, 1.165) is 30.6 Å². The second-order valence-corrected chi connectivity index (χ2v) is 4.79. The van der Waals surface area contributed by atoms with E-state index in [0.29, 0.717) is 23.1 Å². The first-order valence-electron chi connectivity index (χ1n) is 6.48. The fraction of sp³-hybridized carbons (Fsp3) is 0.571. The van der Waals surface area contributed by atoms with Gasteiger partial charge < -0.3 is 19.5 Å². The molecule has 1 aliphatic heterocycles. The molecule has 1 aromatic carbocycles. The summed E-state index contributed by atoms with van der Waals surface area (Å²) >= 11 is 6.44. The molecular weight excluding hydrogens is 266 g/mol. The van der Waals surface area contributed by atoms with Gasteiger partial charge in [0.2, 0.25) is 0 Å². The van der Waals surface area contributed by atoms with E-state index in [2.05, 4.69) is 12.2 Å². The van der Waals surface area contributed by atoms with Crippen LogP contribution < -0.4 is 14.8 Å². The van der Waals surface area contributed by atoms with E-state index in [1.165, 1.54) is 0 Å². The molecule has 0 radical (unpaired) electrons. The zero-order valence-corrected chi connectivity index (χ0v) is 12.3. The van der Waals surface area contributed by atoms with Crippen LogP contribution in [0.4, 0.5) is 0 Å². The van der Waals surface area contributed by atoms with Gasteiger partial charge in [-0.25, -0.2) is 0 Å². The first-order chi connectivity index (χ1) is 9.22. The standard InChI is InChI=1S/C14H20ClNO3/c1-4-9-10(12-8-16-5-6-19-12)7-11(17-2)14(18-3)13(9)15/h7,12,16H,4-6,8H2,1-3H3. The molecule has 1 unspecified atom stereocenters. The second-order valence-electron chi connectivity index (χ2n) is 4.41. The van der Waals surface area contributed by atoms with Crippen LogP contribution in [0.15, 0.2) is 6.07 Å². The lowest BCUT2D eigenvalue weighted by Crippen LogP contribution is -2.33. The van der Waals surface area contributed by atoms with Gasteiger partial charge in [0.15, 0.2) is 11.5 Å². The third kappa shape index (κ3) is 2.81. The van der Waals surface area contributed by atoms with Crippen LogP contribution in [0, 0.1) is 0 Å². The first kappa shape index (κ1) is 14.4. The van der Waals surface area contributed by atoms with Gasteiger partial charge in [-0.3, -0.25) is 0 Å². The van der Waals surface area contributed by atoms with Crippen molar-refractivity contribution in [2.45, 2.75) is 19.4 Å². The van der Waals surface area contributed by atoms with Crippen molar-refractivity contribution in [1.82, 2.24) is 5.32 Å². The predicted octanol–water partition coefficient (Wildman–Crippen LogP) is 2.58. The van der Waals surface area contributed by atoms with Gasteiger partial charge in [-0.2, -0.15) is 0 Å². The third-order valence-electron chi connectivity index (χ3n) is 3.38. The number of benzene rings is 1. The highest BCUT2D eigenvalue weighted by Gasteiger charge is 2.24. The minimum Gasteiger partial charge on any atom is -0.493 e. The molecule has 0 bridgehead atoms. The van der Waals surface area contributed by atoms with Gasteiger partial charge >= 0.3 is 0 Å². The molecule has 0 saturated carbocycles. The van der Waals surface area contributed by atoms with Crippen LogP contribution in [-0.4, -0.2) is 33.9 Å². The molecule has 1 aromatic rings. The quantitative estimate of drug-likeness (QED) is 0.923. The number of hydrogen-bond donors (Lipinski definition) is 1. The highest BCUT2D eigenvalue weighted by Crippen LogP contribution is 2.42. The SMILES string of the molecule is CCc1c(C2CNCCO2)cc(OC)c(OC)c1Cl. The first-order valence-corrected chi connectivity index (χ1v) is 6.86. The summed E-state index contributed by atoms with van der Waals surface area (Å²) in [6, 6.07) is 1.97. The summed E-state index contributed by atoms with van der Waals surface area (Å²) in [4.78, 5) is 0. The summed E-state index contributed by atoms with van der Waals surface area (Å²) in [6.07, 6.45) is 0.843. The Morgan fingerprint density at radius 1 is 1.42 bits per heavy atom. The Bertz CT molecular complexity index is 445. The molecule has 1 saturated heterocycles. The maximum atomic E-state index is 6.44. The molecule has 0 amide bonds. The lowest BCUT2D eigenvalue weighted by Gasteiger charge is -2.27. The predicted molar refractivity (Wildman–Crippen MR) is 75.5 cm³/mol. The summed E-state index contributed by atoms with van der Waals surface area (Å²) in [5.41, 5.74) is 2.14. The molecule has 0 spiro atoms. The fourth-order valence-corrected chi connectivity index (χ4v) is 2.83. The van der Waals surface area contributed by atoms with Crippen molar-refractivity contribution in [3.63, 3.8) is 0 Å². The van der Waals surface area contributed by atoms with E-state index >= 15 is 0 Å². The van der Waals surface area contributed by atoms with Gasteiger partial charge in [-0.05, 0) is 23.6 Å². The van der Waals surface area contributed by atoms with Crippen molar-refractivity contribution in [2.75, 3.05) is 33.9 Å². The normalized spacial score (nSPS) is 19.3. The molecule has 5 heteroatoms. The molecule has 1 N–H and O–H groups in total. The van der Waals surface area contributed by atoms with Crippen molar-refractivity contribution in [3.8, 4) is 11.5 Å². The van der Waals surface area contributed by atoms with Gasteiger partial charge in [0, 0.05) is 13.1 Å². The molecule has 0 aliphatic carbocycles. The molecule has 0 aromatic heterocycles. The van der Waals surface area contributed by atoms with Crippen molar-refractivity contribution in [2.24, 2.45) is 0 Å². The average Bonchev–Trinajstić information content (AvgIpc) is 2.47. The number of methoxy groups -OCH3 is 2. The van der Waals surface area contributed by atoms with Crippen molar-refractivity contribution < 1.29 is 14.2 Å². The molecule has 1 heterocycles. The number of nitrogens with one attached hydrogen (secondary N) is 1. The number of hydrogen-bond acceptors (Lipinski definition) is 4. The summed E-state index contributed by atoms with van der Waals surface area (Å²) < 4.78 is 16.5. The van der Waals surface area contributed by atoms with Crippen LogP contribution in [0.2, 0.25) is 5.02 Å². The summed E-state index contributed by atoms with van der Waals surface area (Å²) in [5, 5.41) is 3.95. The maximum Gasteiger partial charge on any atom is 0.179 e. The Balaban J connectivity index is 2.49. The Morgan fingerprint density at radius 3 is 2.74 bits per heavy atom. The van der Waals surface area contributed by atoms with Gasteiger partial charge in [-0.15, -0.1) is 0 Å². The minimum absolute atomic E-state index is 0.0148. The van der Waals surface area contributed by atoms with E-state index in [1.54, 1.807) is 14.2 Å². The average molecular weight is 286 g/mol. The molecule has 19 heavy (non-hydrogen) atoms. The molecule has 106 valence electrons. The zero-order chi connectivity index (χ0) is 13.8. The molecule has 1 fully saturated rings. The molecule has 1 aliphatic rings. The highest BCUT2D eigenvalue weighted by molar-refractivity contribution is 6.33. The van der Waals surface area contributed by atoms with Crippen LogP contribution in [0.1, 0.15) is 24.2 Å². The Labute approximate surface area is 119 Å². The van der Waals surface area contributed by atoms with Crippen molar-refractivity contribution in [1.29, 1.82) is 0 Å². The third-order valence-corrected chi connectivity index (χ3v) is 3.77. The largest absolute Gasteiger partial charge is 0.493 e. The number of halogens is 1. The van der Waals surface area contributed by atoms with Crippen molar-refractivity contribution >= 4 is 11.6 Å². The summed E-state index contributed by atoms with van der Waals surface area (Å²) in [7, 11) is 3.21. The number of ether oxygens (including phenoxy) is 3. The monoisotopic (exact) mass is 285 g/mol. The maximum absolute atomic E-state index is 6.44. The lowest BCUT2D eigenvalue weighted by atomic mass is 9.98. The molecule has 2 rings (SSSR count). The second kappa shape index (κ2) is 6.46. The number of morpholine rings is 1. The zero-order valence-electron chi connectivity index (χ0n) is 11.6. The fourth-order valence-electron chi connectivity index (χ4n) is 2.42. The van der Waals surface area contributed by atoms with Crippen LogP contribution in [0.5, 0.6) is 11.5 Å². The van der Waals surface area contributed by atoms with Crippen LogP contribution in [-0.2, 0) is 11.2 Å². The highest BCUT2D eigenvalue weighted by atomic mass is 35.5. The summed E-state index contributed by atoms with van der Waals surface area (Å²) in [6.45, 7) is 4.46. The smallest absolute Gasteiger partial charge is 0.179 e. The van der Waals surface area contributed by atoms with E-state index in [9.17, 15) is 0 Å². The van der Waals surface area contributed by atoms with Crippen LogP contribution in [0.3, 0.4) is 0 Å². The van der Waals surface area contributed by atoms with Gasteiger partial charge in [0.25, 0.3) is 0 Å².